The van der Waals surface area contributed by atoms with E-state index in [9.17, 15) is 4.79 Å². The maximum Gasteiger partial charge on any atom is 0.417 e. The Bertz CT molecular complexity index is 91.6. The second-order valence-corrected chi connectivity index (χ2v) is 3.00. The highest BCUT2D eigenvalue weighted by molar-refractivity contribution is 5.38. The van der Waals surface area contributed by atoms with Gasteiger partial charge in [0, 0.05) is 0 Å². The Morgan fingerprint density at radius 2 is 2.18 bits per heavy atom. The van der Waals surface area contributed by atoms with Gasteiger partial charge in [-0.3, -0.25) is 0 Å². The lowest BCUT2D eigenvalue weighted by Gasteiger charge is -2.07. The van der Waals surface area contributed by atoms with E-state index in [1.807, 2.05) is 0 Å². The van der Waals surface area contributed by atoms with Crippen LogP contribution in [0.5, 0.6) is 0 Å². The smallest absolute Gasteiger partial charge is 0.417 e. The van der Waals surface area contributed by atoms with Gasteiger partial charge in [-0.1, -0.05) is 33.1 Å². The van der Waals surface area contributed by atoms with Crippen molar-refractivity contribution in [2.75, 3.05) is 6.61 Å². The maximum absolute atomic E-state index is 9.69. The van der Waals surface area contributed by atoms with E-state index in [1.54, 1.807) is 0 Å². The van der Waals surface area contributed by atoms with Gasteiger partial charge in [-0.15, -0.1) is 0 Å². The molecule has 0 bridgehead atoms. The van der Waals surface area contributed by atoms with E-state index in [1.165, 1.54) is 25.7 Å². The third-order valence-corrected chi connectivity index (χ3v) is 1.73. The van der Waals surface area contributed by atoms with Crippen LogP contribution in [0.25, 0.3) is 0 Å². The van der Waals surface area contributed by atoms with Crippen LogP contribution in [0.4, 0.5) is 0 Å². The van der Waals surface area contributed by atoms with Gasteiger partial charge in [0.05, 0.1) is 6.61 Å². The molecule has 0 rings (SSSR count). The Labute approximate surface area is 68.9 Å². The molecular formula is C9H17O2. The van der Waals surface area contributed by atoms with Crippen molar-refractivity contribution in [2.24, 2.45) is 5.92 Å². The van der Waals surface area contributed by atoms with Crippen LogP contribution >= 0.6 is 0 Å². The van der Waals surface area contributed by atoms with Gasteiger partial charge < -0.3 is 4.74 Å². The second kappa shape index (κ2) is 7.58. The largest absolute Gasteiger partial charge is 0.457 e. The summed E-state index contributed by atoms with van der Waals surface area (Å²) < 4.78 is 4.52. The first-order chi connectivity index (χ1) is 5.31. The minimum atomic E-state index is 0.489. The molecule has 0 aliphatic carbocycles. The van der Waals surface area contributed by atoms with E-state index < -0.39 is 0 Å². The molecule has 2 nitrogen and oxygen atoms in total. The average molecular weight is 157 g/mol. The van der Waals surface area contributed by atoms with Crippen molar-refractivity contribution in [3.63, 3.8) is 0 Å². The Balaban J connectivity index is 3.08. The van der Waals surface area contributed by atoms with Gasteiger partial charge in [0.25, 0.3) is 0 Å². The van der Waals surface area contributed by atoms with Crippen molar-refractivity contribution >= 4 is 6.47 Å². The fourth-order valence-electron chi connectivity index (χ4n) is 1.00. The molecule has 0 amide bonds. The summed E-state index contributed by atoms with van der Waals surface area (Å²) in [7, 11) is 0. The van der Waals surface area contributed by atoms with Crippen molar-refractivity contribution in [1.29, 1.82) is 0 Å². The number of ether oxygens (including phenoxy) is 1. The zero-order chi connectivity index (χ0) is 8.53. The quantitative estimate of drug-likeness (QED) is 0.530. The van der Waals surface area contributed by atoms with Crippen LogP contribution in [0.15, 0.2) is 0 Å². The van der Waals surface area contributed by atoms with Crippen molar-refractivity contribution in [3.8, 4) is 0 Å². The lowest BCUT2D eigenvalue weighted by Crippen LogP contribution is -2.04. The SMILES string of the molecule is CCCCCC(C)CO[C]=O. The van der Waals surface area contributed by atoms with Crippen molar-refractivity contribution in [3.05, 3.63) is 0 Å². The molecule has 0 N–H and O–H groups in total. The van der Waals surface area contributed by atoms with Gasteiger partial charge in [0.1, 0.15) is 0 Å². The normalized spacial score (nSPS) is 12.5. The molecule has 11 heavy (non-hydrogen) atoms. The van der Waals surface area contributed by atoms with E-state index in [0.29, 0.717) is 12.5 Å². The van der Waals surface area contributed by atoms with Gasteiger partial charge in [-0.2, -0.15) is 0 Å². The van der Waals surface area contributed by atoms with Crippen LogP contribution in [-0.2, 0) is 9.53 Å². The highest BCUT2D eigenvalue weighted by Gasteiger charge is 2.00. The molecule has 2 heteroatoms. The van der Waals surface area contributed by atoms with Crippen molar-refractivity contribution in [2.45, 2.75) is 39.5 Å². The van der Waals surface area contributed by atoms with Gasteiger partial charge >= 0.3 is 6.47 Å². The molecule has 1 unspecified atom stereocenters. The Morgan fingerprint density at radius 3 is 2.73 bits per heavy atom. The van der Waals surface area contributed by atoms with E-state index in [0.717, 1.165) is 6.42 Å². The van der Waals surface area contributed by atoms with Crippen molar-refractivity contribution < 1.29 is 9.53 Å². The molecule has 1 atom stereocenters. The minimum Gasteiger partial charge on any atom is -0.457 e. The molecule has 0 saturated carbocycles. The van der Waals surface area contributed by atoms with Crippen molar-refractivity contribution in [1.82, 2.24) is 0 Å². The summed E-state index contributed by atoms with van der Waals surface area (Å²) in [5.41, 5.74) is 0. The number of unbranched alkanes of at least 4 members (excludes halogenated alkanes) is 2. The van der Waals surface area contributed by atoms with Crippen LogP contribution in [0.2, 0.25) is 0 Å². The first kappa shape index (κ1) is 10.5. The summed E-state index contributed by atoms with van der Waals surface area (Å²) in [5.74, 6) is 0.489. The number of rotatable bonds is 7. The molecule has 0 aliphatic rings. The van der Waals surface area contributed by atoms with E-state index in [-0.39, 0.29) is 0 Å². The van der Waals surface area contributed by atoms with Gasteiger partial charge in [-0.05, 0) is 12.3 Å². The first-order valence-corrected chi connectivity index (χ1v) is 4.30. The fraction of sp³-hybridized carbons (Fsp3) is 0.889. The minimum absolute atomic E-state index is 0.489. The summed E-state index contributed by atoms with van der Waals surface area (Å²) in [5, 5.41) is 0. The first-order valence-electron chi connectivity index (χ1n) is 4.30. The zero-order valence-corrected chi connectivity index (χ0v) is 7.43. The molecule has 0 aromatic carbocycles. The summed E-state index contributed by atoms with van der Waals surface area (Å²) >= 11 is 0. The summed E-state index contributed by atoms with van der Waals surface area (Å²) in [6, 6.07) is 0. The van der Waals surface area contributed by atoms with Crippen LogP contribution in [0.3, 0.4) is 0 Å². The zero-order valence-electron chi connectivity index (χ0n) is 7.43. The van der Waals surface area contributed by atoms with Crippen LogP contribution in [0.1, 0.15) is 39.5 Å². The molecular weight excluding hydrogens is 140 g/mol. The van der Waals surface area contributed by atoms with Crippen LogP contribution < -0.4 is 0 Å². The molecule has 0 heterocycles. The third kappa shape index (κ3) is 7.37. The molecule has 0 spiro atoms. The number of hydrogen-bond acceptors (Lipinski definition) is 2. The molecule has 0 aromatic heterocycles. The topological polar surface area (TPSA) is 26.3 Å². The summed E-state index contributed by atoms with van der Waals surface area (Å²) in [6.07, 6.45) is 4.90. The standard InChI is InChI=1S/C9H17O2/c1-3-4-5-6-9(2)7-11-8-10/h9H,3-7H2,1-2H3. The Kier molecular flexibility index (Phi) is 7.21. The predicted octanol–water partition coefficient (Wildman–Crippen LogP) is 2.29. The second-order valence-electron chi connectivity index (χ2n) is 3.00. The van der Waals surface area contributed by atoms with E-state index in [2.05, 4.69) is 18.6 Å². The molecule has 0 fully saturated rings. The van der Waals surface area contributed by atoms with E-state index in [4.69, 9.17) is 0 Å². The Morgan fingerprint density at radius 1 is 1.45 bits per heavy atom. The molecule has 0 aromatic rings. The van der Waals surface area contributed by atoms with Gasteiger partial charge in [0.15, 0.2) is 0 Å². The van der Waals surface area contributed by atoms with E-state index >= 15 is 0 Å². The fourth-order valence-corrected chi connectivity index (χ4v) is 1.00. The number of carbonyl (C=O) groups excluding carboxylic acids is 1. The van der Waals surface area contributed by atoms with Crippen LogP contribution in [-0.4, -0.2) is 13.1 Å². The lowest BCUT2D eigenvalue weighted by molar-refractivity contribution is 0.223. The highest BCUT2D eigenvalue weighted by Crippen LogP contribution is 2.08. The average Bonchev–Trinajstić information content (AvgIpc) is 2.01. The predicted molar refractivity (Wildman–Crippen MR) is 45.0 cm³/mol. The molecule has 0 aliphatic heterocycles. The molecule has 0 saturated heterocycles. The molecule has 1 radical (unpaired) electrons. The number of hydrogen-bond donors (Lipinski definition) is 0. The summed E-state index contributed by atoms with van der Waals surface area (Å²) in [4.78, 5) is 9.69. The maximum atomic E-state index is 9.69. The van der Waals surface area contributed by atoms with Crippen LogP contribution in [0, 0.1) is 5.92 Å². The highest BCUT2D eigenvalue weighted by atomic mass is 16.5. The third-order valence-electron chi connectivity index (χ3n) is 1.73. The lowest BCUT2D eigenvalue weighted by atomic mass is 10.0. The van der Waals surface area contributed by atoms with Gasteiger partial charge in [0.2, 0.25) is 0 Å². The molecule has 65 valence electrons. The monoisotopic (exact) mass is 157 g/mol. The summed E-state index contributed by atoms with van der Waals surface area (Å²) in [6.45, 7) is 6.23. The van der Waals surface area contributed by atoms with Gasteiger partial charge in [-0.25, -0.2) is 4.79 Å². The Hall–Kier alpha value is -0.530.